The molecule has 0 bridgehead atoms. The lowest BCUT2D eigenvalue weighted by Crippen LogP contribution is -2.50. The fourth-order valence-corrected chi connectivity index (χ4v) is 6.63. The molecule has 1 fully saturated rings. The van der Waals surface area contributed by atoms with Gasteiger partial charge in [0.25, 0.3) is 10.0 Å². The lowest BCUT2D eigenvalue weighted by Gasteiger charge is -2.45. The minimum atomic E-state index is -4.38. The lowest BCUT2D eigenvalue weighted by molar-refractivity contribution is -0.0983. The lowest BCUT2D eigenvalue weighted by atomic mass is 9.64. The summed E-state index contributed by atoms with van der Waals surface area (Å²) < 4.78 is 88.9. The summed E-state index contributed by atoms with van der Waals surface area (Å²) in [6.07, 6.45) is 3.62. The maximum absolute atomic E-state index is 15.0. The highest BCUT2D eigenvalue weighted by molar-refractivity contribution is 7.92. The number of benzene rings is 1. The predicted molar refractivity (Wildman–Crippen MR) is 139 cm³/mol. The van der Waals surface area contributed by atoms with E-state index in [1.165, 1.54) is 18.3 Å². The van der Waals surface area contributed by atoms with Crippen molar-refractivity contribution < 1.29 is 30.7 Å². The summed E-state index contributed by atoms with van der Waals surface area (Å²) in [4.78, 5) is 6.80. The topological polar surface area (TPSA) is 93.2 Å². The molecule has 1 aromatic carbocycles. The van der Waals surface area contributed by atoms with E-state index in [0.717, 1.165) is 24.5 Å². The Kier molecular flexibility index (Phi) is 8.58. The van der Waals surface area contributed by atoms with Gasteiger partial charge in [0.15, 0.2) is 0 Å². The highest BCUT2D eigenvalue weighted by Gasteiger charge is 2.45. The number of alkyl halides is 3. The first-order chi connectivity index (χ1) is 18.3. The Labute approximate surface area is 229 Å². The number of sulfonamides is 1. The molecule has 1 saturated carbocycles. The van der Waals surface area contributed by atoms with E-state index in [9.17, 15) is 21.6 Å². The number of halogens is 5. The van der Waals surface area contributed by atoms with Crippen LogP contribution in [-0.2, 0) is 10.0 Å². The van der Waals surface area contributed by atoms with Crippen LogP contribution in [0.3, 0.4) is 0 Å². The van der Waals surface area contributed by atoms with Crippen LogP contribution in [0.15, 0.2) is 59.4 Å². The number of hydrogen-bond donors (Lipinski definition) is 2. The summed E-state index contributed by atoms with van der Waals surface area (Å²) in [6, 6.07) is 2.98. The van der Waals surface area contributed by atoms with Crippen molar-refractivity contribution in [3.63, 3.8) is 0 Å². The third kappa shape index (κ3) is 6.72. The molecule has 2 aromatic rings. The molecule has 212 valence electrons. The smallest absolute Gasteiger partial charge is 0.412 e. The Morgan fingerprint density at radius 1 is 1.26 bits per heavy atom. The second-order valence-electron chi connectivity index (χ2n) is 9.97. The van der Waals surface area contributed by atoms with Gasteiger partial charge in [0.05, 0.1) is 5.02 Å². The van der Waals surface area contributed by atoms with Gasteiger partial charge in [-0.3, -0.25) is 4.72 Å². The van der Waals surface area contributed by atoms with Crippen LogP contribution in [0.5, 0.6) is 5.75 Å². The van der Waals surface area contributed by atoms with Gasteiger partial charge in [-0.2, -0.15) is 13.2 Å². The predicted octanol–water partition coefficient (Wildman–Crippen LogP) is 6.05. The Morgan fingerprint density at radius 2 is 2.03 bits per heavy atom. The Morgan fingerprint density at radius 3 is 2.69 bits per heavy atom. The molecule has 1 unspecified atom stereocenters. The Bertz CT molecular complexity index is 1350. The second kappa shape index (κ2) is 11.4. The summed E-state index contributed by atoms with van der Waals surface area (Å²) in [5.74, 6) is -1.16. The van der Waals surface area contributed by atoms with E-state index in [2.05, 4.69) is 20.0 Å². The molecular weight excluding hydrogens is 560 g/mol. The SMILES string of the molecule is CCN[C@H]1C[C@@H](C2(C)C=CC=C(C(F)(F)F)C2)CC[C@@H]1Oc1cc(F)c(S(=O)(=O)Nc2ccncn2)cc1Cl. The molecule has 2 aliphatic carbocycles. The van der Waals surface area contributed by atoms with Gasteiger partial charge in [0, 0.05) is 23.9 Å². The van der Waals surface area contributed by atoms with Gasteiger partial charge in [-0.25, -0.2) is 22.8 Å². The largest absolute Gasteiger partial charge is 0.487 e. The summed E-state index contributed by atoms with van der Waals surface area (Å²) in [6.45, 7) is 4.34. The quantitative estimate of drug-likeness (QED) is 0.365. The van der Waals surface area contributed by atoms with Gasteiger partial charge in [-0.1, -0.05) is 43.7 Å². The molecule has 0 aliphatic heterocycles. The zero-order chi connectivity index (χ0) is 28.4. The highest BCUT2D eigenvalue weighted by Crippen LogP contribution is 2.48. The molecule has 0 saturated heterocycles. The van der Waals surface area contributed by atoms with Crippen molar-refractivity contribution in [1.29, 1.82) is 0 Å². The van der Waals surface area contributed by atoms with Crippen molar-refractivity contribution in [2.24, 2.45) is 11.3 Å². The fourth-order valence-electron chi connectivity index (χ4n) is 5.26. The number of allylic oxidation sites excluding steroid dienone is 4. The van der Waals surface area contributed by atoms with Crippen LogP contribution in [0.25, 0.3) is 0 Å². The van der Waals surface area contributed by atoms with Gasteiger partial charge in [-0.05, 0) is 55.7 Å². The molecule has 7 nitrogen and oxygen atoms in total. The summed E-state index contributed by atoms with van der Waals surface area (Å²) >= 11 is 6.33. The Hall–Kier alpha value is -2.70. The number of ether oxygens (including phenoxy) is 1. The van der Waals surface area contributed by atoms with Crippen LogP contribution in [0.1, 0.15) is 39.5 Å². The normalized spacial score (nSPS) is 25.7. The van der Waals surface area contributed by atoms with Gasteiger partial charge >= 0.3 is 6.18 Å². The van der Waals surface area contributed by atoms with Crippen LogP contribution in [0.4, 0.5) is 23.4 Å². The highest BCUT2D eigenvalue weighted by atomic mass is 35.5. The molecular formula is C26H29ClF4N4O3S. The number of aromatic nitrogens is 2. The zero-order valence-electron chi connectivity index (χ0n) is 21.3. The number of rotatable bonds is 8. The van der Waals surface area contributed by atoms with E-state index in [1.807, 2.05) is 19.9 Å². The van der Waals surface area contributed by atoms with E-state index in [4.69, 9.17) is 16.3 Å². The number of nitrogens with zero attached hydrogens (tertiary/aromatic N) is 2. The van der Waals surface area contributed by atoms with E-state index in [0.29, 0.717) is 25.8 Å². The monoisotopic (exact) mass is 588 g/mol. The van der Waals surface area contributed by atoms with Crippen molar-refractivity contribution in [3.8, 4) is 5.75 Å². The second-order valence-corrected chi connectivity index (χ2v) is 12.0. The van der Waals surface area contributed by atoms with Crippen molar-refractivity contribution in [2.75, 3.05) is 11.3 Å². The van der Waals surface area contributed by atoms with E-state index < -0.39 is 44.0 Å². The van der Waals surface area contributed by atoms with Gasteiger partial charge < -0.3 is 10.1 Å². The van der Waals surface area contributed by atoms with Crippen LogP contribution < -0.4 is 14.8 Å². The van der Waals surface area contributed by atoms with E-state index in [-0.39, 0.29) is 35.0 Å². The van der Waals surface area contributed by atoms with Gasteiger partial charge in [-0.15, -0.1) is 0 Å². The van der Waals surface area contributed by atoms with Gasteiger partial charge in [0.2, 0.25) is 0 Å². The van der Waals surface area contributed by atoms with E-state index in [1.54, 1.807) is 0 Å². The summed E-state index contributed by atoms with van der Waals surface area (Å²) in [5, 5.41) is 3.24. The molecule has 4 atom stereocenters. The van der Waals surface area contributed by atoms with Crippen LogP contribution >= 0.6 is 11.6 Å². The van der Waals surface area contributed by atoms with Crippen LogP contribution in [0.2, 0.25) is 5.02 Å². The fraction of sp³-hybridized carbons (Fsp3) is 0.462. The van der Waals surface area contributed by atoms with Crippen molar-refractivity contribution in [2.45, 2.75) is 62.7 Å². The third-order valence-electron chi connectivity index (χ3n) is 7.27. The average Bonchev–Trinajstić information content (AvgIpc) is 2.87. The molecule has 0 radical (unpaired) electrons. The number of nitrogens with one attached hydrogen (secondary N) is 2. The van der Waals surface area contributed by atoms with E-state index >= 15 is 4.39 Å². The summed E-state index contributed by atoms with van der Waals surface area (Å²) in [5.41, 5.74) is -1.22. The maximum atomic E-state index is 15.0. The van der Waals surface area contributed by atoms with Crippen molar-refractivity contribution in [1.82, 2.24) is 15.3 Å². The first kappa shape index (κ1) is 29.3. The maximum Gasteiger partial charge on any atom is 0.412 e. The molecule has 0 amide bonds. The van der Waals surface area contributed by atoms with Crippen LogP contribution in [0, 0.1) is 17.2 Å². The molecule has 4 rings (SSSR count). The Balaban J connectivity index is 1.50. The van der Waals surface area contributed by atoms with Gasteiger partial charge in [0.1, 0.15) is 34.7 Å². The zero-order valence-corrected chi connectivity index (χ0v) is 22.9. The number of hydrogen-bond acceptors (Lipinski definition) is 6. The first-order valence-corrected chi connectivity index (χ1v) is 14.3. The van der Waals surface area contributed by atoms with Crippen molar-refractivity contribution in [3.05, 3.63) is 65.4 Å². The first-order valence-electron chi connectivity index (χ1n) is 12.5. The minimum absolute atomic E-state index is 0.0208. The molecule has 2 aliphatic rings. The number of anilines is 1. The average molecular weight is 589 g/mol. The standard InChI is InChI=1S/C26H29ClF4N4O3S/c1-3-33-20-11-16(25(2)9-4-5-17(14-25)26(29,30)31)6-7-21(20)38-22-13-19(28)23(12-18(22)27)39(36,37)35-24-8-10-32-15-34-24/h4-5,8-10,12-13,15-16,20-21,33H,3,6-7,11,14H2,1-2H3,(H,32,34,35)/t16-,20-,21-,25?/m0/s1. The molecule has 2 N–H and O–H groups in total. The third-order valence-corrected chi connectivity index (χ3v) is 8.94. The van der Waals surface area contributed by atoms with Crippen LogP contribution in [-0.4, -0.2) is 43.3 Å². The number of likely N-dealkylation sites (N-methyl/N-ethyl adjacent to an activating group) is 1. The molecule has 39 heavy (non-hydrogen) atoms. The van der Waals surface area contributed by atoms with Crippen molar-refractivity contribution >= 4 is 27.4 Å². The molecule has 0 spiro atoms. The molecule has 13 heteroatoms. The molecule has 1 heterocycles. The summed E-state index contributed by atoms with van der Waals surface area (Å²) in [7, 11) is -4.34. The molecule has 1 aromatic heterocycles. The minimum Gasteiger partial charge on any atom is -0.487 e.